The van der Waals surface area contributed by atoms with Crippen molar-refractivity contribution in [1.82, 2.24) is 4.31 Å². The molecule has 19 heavy (non-hydrogen) atoms. The molecule has 0 amide bonds. The van der Waals surface area contributed by atoms with E-state index in [2.05, 4.69) is 0 Å². The predicted molar refractivity (Wildman–Crippen MR) is 68.5 cm³/mol. The van der Waals surface area contributed by atoms with Crippen molar-refractivity contribution in [3.8, 4) is 0 Å². The highest BCUT2D eigenvalue weighted by Gasteiger charge is 2.24. The van der Waals surface area contributed by atoms with Crippen molar-refractivity contribution in [2.75, 3.05) is 13.6 Å². The molecule has 1 aromatic rings. The summed E-state index contributed by atoms with van der Waals surface area (Å²) in [6.45, 7) is 2.03. The van der Waals surface area contributed by atoms with E-state index in [1.807, 2.05) is 0 Å². The Morgan fingerprint density at radius 1 is 1.47 bits per heavy atom. The molecule has 1 rings (SSSR count). The number of carbonyl (C=O) groups is 1. The van der Waals surface area contributed by atoms with Crippen molar-refractivity contribution in [2.24, 2.45) is 0 Å². The summed E-state index contributed by atoms with van der Waals surface area (Å²) in [7, 11) is -2.59. The molecule has 1 N–H and O–H groups in total. The van der Waals surface area contributed by atoms with Gasteiger partial charge in [-0.1, -0.05) is 18.5 Å². The maximum atomic E-state index is 13.5. The maximum Gasteiger partial charge on any atom is 0.337 e. The molecule has 106 valence electrons. The Hall–Kier alpha value is -1.18. The van der Waals surface area contributed by atoms with E-state index < -0.39 is 37.3 Å². The lowest BCUT2D eigenvalue weighted by atomic mass is 10.2. The fraction of sp³-hybridized carbons (Fsp3) is 0.364. The van der Waals surface area contributed by atoms with Gasteiger partial charge in [0.2, 0.25) is 10.0 Å². The fourth-order valence-corrected chi connectivity index (χ4v) is 2.98. The van der Waals surface area contributed by atoms with Crippen LogP contribution < -0.4 is 0 Å². The van der Waals surface area contributed by atoms with Crippen molar-refractivity contribution < 1.29 is 22.7 Å². The standard InChI is InChI=1S/C11H13ClFNO4S/c1-3-4-14(2)19(17,18)7-5-8(11(15)16)10(12)9(13)6-7/h5-6H,3-4H2,1-2H3,(H,15,16). The van der Waals surface area contributed by atoms with Crippen LogP contribution in [-0.4, -0.2) is 37.4 Å². The lowest BCUT2D eigenvalue weighted by molar-refractivity contribution is 0.0696. The summed E-state index contributed by atoms with van der Waals surface area (Å²) in [5, 5.41) is 8.26. The summed E-state index contributed by atoms with van der Waals surface area (Å²) in [4.78, 5) is 10.5. The molecule has 0 aliphatic heterocycles. The quantitative estimate of drug-likeness (QED) is 0.905. The van der Waals surface area contributed by atoms with Gasteiger partial charge in [-0.15, -0.1) is 0 Å². The molecule has 5 nitrogen and oxygen atoms in total. The molecule has 8 heteroatoms. The number of hydrogen-bond acceptors (Lipinski definition) is 3. The van der Waals surface area contributed by atoms with Crippen molar-refractivity contribution in [3.05, 3.63) is 28.5 Å². The van der Waals surface area contributed by atoms with Gasteiger partial charge in [-0.05, 0) is 18.6 Å². The number of sulfonamides is 1. The zero-order valence-corrected chi connectivity index (χ0v) is 11.9. The molecule has 0 saturated carbocycles. The molecule has 0 aromatic heterocycles. The lowest BCUT2D eigenvalue weighted by Crippen LogP contribution is -2.28. The molecule has 0 bridgehead atoms. The number of rotatable bonds is 5. The Balaban J connectivity index is 3.40. The molecule has 0 aliphatic carbocycles. The molecule has 0 fully saturated rings. The second kappa shape index (κ2) is 5.85. The maximum absolute atomic E-state index is 13.5. The second-order valence-corrected chi connectivity index (χ2v) is 6.32. The van der Waals surface area contributed by atoms with Gasteiger partial charge in [-0.2, -0.15) is 0 Å². The van der Waals surface area contributed by atoms with E-state index in [-0.39, 0.29) is 6.54 Å². The van der Waals surface area contributed by atoms with Crippen LogP contribution in [0.2, 0.25) is 5.02 Å². The Morgan fingerprint density at radius 2 is 2.05 bits per heavy atom. The van der Waals surface area contributed by atoms with E-state index in [1.54, 1.807) is 6.92 Å². The molecule has 0 unspecified atom stereocenters. The van der Waals surface area contributed by atoms with Crippen LogP contribution in [0.1, 0.15) is 23.7 Å². The van der Waals surface area contributed by atoms with Gasteiger partial charge >= 0.3 is 5.97 Å². The monoisotopic (exact) mass is 309 g/mol. The molecule has 1 aromatic carbocycles. The van der Waals surface area contributed by atoms with Gasteiger partial charge in [0.15, 0.2) is 0 Å². The number of aromatic carboxylic acids is 1. The minimum Gasteiger partial charge on any atom is -0.478 e. The summed E-state index contributed by atoms with van der Waals surface area (Å²) < 4.78 is 38.7. The van der Waals surface area contributed by atoms with Crippen LogP contribution in [0.3, 0.4) is 0 Å². The average molecular weight is 310 g/mol. The van der Waals surface area contributed by atoms with Crippen molar-refractivity contribution in [2.45, 2.75) is 18.2 Å². The summed E-state index contributed by atoms with van der Waals surface area (Å²) in [5.74, 6) is -2.57. The Kier molecular flexibility index (Phi) is 4.89. The minimum absolute atomic E-state index is 0.245. The van der Waals surface area contributed by atoms with Gasteiger partial charge in [-0.3, -0.25) is 0 Å². The Labute approximate surface area is 115 Å². The number of hydrogen-bond donors (Lipinski definition) is 1. The number of nitrogens with zero attached hydrogens (tertiary/aromatic N) is 1. The molecule has 0 atom stereocenters. The van der Waals surface area contributed by atoms with Gasteiger partial charge in [-0.25, -0.2) is 21.9 Å². The zero-order chi connectivity index (χ0) is 14.8. The zero-order valence-electron chi connectivity index (χ0n) is 10.4. The van der Waals surface area contributed by atoms with E-state index in [1.165, 1.54) is 7.05 Å². The summed E-state index contributed by atoms with van der Waals surface area (Å²) in [6, 6.07) is 1.57. The highest BCUT2D eigenvalue weighted by molar-refractivity contribution is 7.89. The smallest absolute Gasteiger partial charge is 0.337 e. The number of carboxylic acid groups (broad SMARTS) is 1. The Bertz CT molecular complexity index is 603. The highest BCUT2D eigenvalue weighted by atomic mass is 35.5. The molecule has 0 aliphatic rings. The van der Waals surface area contributed by atoms with Crippen LogP contribution in [0.4, 0.5) is 4.39 Å². The second-order valence-electron chi connectivity index (χ2n) is 3.90. The molecular formula is C11H13ClFNO4S. The van der Waals surface area contributed by atoms with Crippen LogP contribution in [0.5, 0.6) is 0 Å². The molecular weight excluding hydrogens is 297 g/mol. The largest absolute Gasteiger partial charge is 0.478 e. The van der Waals surface area contributed by atoms with E-state index in [0.717, 1.165) is 16.4 Å². The van der Waals surface area contributed by atoms with Crippen molar-refractivity contribution >= 4 is 27.6 Å². The van der Waals surface area contributed by atoms with Gasteiger partial charge < -0.3 is 5.11 Å². The number of halogens is 2. The third-order valence-corrected chi connectivity index (χ3v) is 4.70. The lowest BCUT2D eigenvalue weighted by Gasteiger charge is -2.16. The predicted octanol–water partition coefficient (Wildman–Crippen LogP) is 2.21. The first kappa shape index (κ1) is 15.9. The Morgan fingerprint density at radius 3 is 2.53 bits per heavy atom. The van der Waals surface area contributed by atoms with Gasteiger partial charge in [0.1, 0.15) is 5.82 Å². The molecule has 0 saturated heterocycles. The van der Waals surface area contributed by atoms with Crippen LogP contribution in [0, 0.1) is 5.82 Å². The topological polar surface area (TPSA) is 74.7 Å². The summed E-state index contributed by atoms with van der Waals surface area (Å²) in [5.41, 5.74) is -0.579. The molecule has 0 heterocycles. The minimum atomic E-state index is -3.93. The summed E-state index contributed by atoms with van der Waals surface area (Å²) in [6.07, 6.45) is 0.581. The van der Waals surface area contributed by atoms with E-state index in [9.17, 15) is 17.6 Å². The third kappa shape index (κ3) is 3.23. The van der Waals surface area contributed by atoms with Gasteiger partial charge in [0, 0.05) is 13.6 Å². The highest BCUT2D eigenvalue weighted by Crippen LogP contribution is 2.26. The number of carboxylic acids is 1. The van der Waals surface area contributed by atoms with Crippen LogP contribution in [0.15, 0.2) is 17.0 Å². The van der Waals surface area contributed by atoms with Crippen LogP contribution in [0.25, 0.3) is 0 Å². The molecule has 0 radical (unpaired) electrons. The van der Waals surface area contributed by atoms with Crippen molar-refractivity contribution in [1.29, 1.82) is 0 Å². The molecule has 0 spiro atoms. The van der Waals surface area contributed by atoms with Crippen LogP contribution >= 0.6 is 11.6 Å². The first-order chi connectivity index (χ1) is 8.71. The average Bonchev–Trinajstić information content (AvgIpc) is 2.32. The van der Waals surface area contributed by atoms with E-state index in [0.29, 0.717) is 6.42 Å². The van der Waals surface area contributed by atoms with Crippen molar-refractivity contribution in [3.63, 3.8) is 0 Å². The fourth-order valence-electron chi connectivity index (χ4n) is 1.48. The normalized spacial score (nSPS) is 11.8. The van der Waals surface area contributed by atoms with Gasteiger partial charge in [0.05, 0.1) is 15.5 Å². The summed E-state index contributed by atoms with van der Waals surface area (Å²) >= 11 is 5.49. The first-order valence-electron chi connectivity index (χ1n) is 5.40. The van der Waals surface area contributed by atoms with Gasteiger partial charge in [0.25, 0.3) is 0 Å². The van der Waals surface area contributed by atoms with E-state index >= 15 is 0 Å². The number of benzene rings is 1. The van der Waals surface area contributed by atoms with Crippen LogP contribution in [-0.2, 0) is 10.0 Å². The third-order valence-electron chi connectivity index (χ3n) is 2.48. The first-order valence-corrected chi connectivity index (χ1v) is 7.22. The SMILES string of the molecule is CCCN(C)S(=O)(=O)c1cc(F)c(Cl)c(C(=O)O)c1. The van der Waals surface area contributed by atoms with E-state index in [4.69, 9.17) is 16.7 Å².